The van der Waals surface area contributed by atoms with Crippen LogP contribution in [0.25, 0.3) is 11.5 Å². The number of aromatic nitrogens is 1. The molecule has 0 spiro atoms. The molecule has 1 aliphatic rings. The van der Waals surface area contributed by atoms with Gasteiger partial charge in [-0.15, -0.1) is 0 Å². The third-order valence-electron chi connectivity index (χ3n) is 6.21. The summed E-state index contributed by atoms with van der Waals surface area (Å²) < 4.78 is 61.7. The third-order valence-corrected chi connectivity index (χ3v) is 7.39. The average molecular weight is 550 g/mol. The summed E-state index contributed by atoms with van der Waals surface area (Å²) in [5.74, 6) is 0.469. The Labute approximate surface area is 221 Å². The van der Waals surface area contributed by atoms with Gasteiger partial charge in [-0.3, -0.25) is 13.9 Å². The summed E-state index contributed by atoms with van der Waals surface area (Å²) in [5, 5.41) is 2.66. The number of alkyl halides is 3. The van der Waals surface area contributed by atoms with E-state index in [1.54, 1.807) is 6.92 Å². The summed E-state index contributed by atoms with van der Waals surface area (Å²) in [7, 11) is -1.50. The number of hydrogen-bond acceptors (Lipinski definition) is 6. The molecule has 0 bridgehead atoms. The molecule has 1 N–H and O–H groups in total. The van der Waals surface area contributed by atoms with Gasteiger partial charge in [0.05, 0.1) is 30.2 Å². The zero-order valence-electron chi connectivity index (χ0n) is 21.1. The maximum Gasteiger partial charge on any atom is 0.416 e. The van der Waals surface area contributed by atoms with Crippen molar-refractivity contribution in [3.05, 3.63) is 76.7 Å². The minimum Gasteiger partial charge on any atom is -0.441 e. The number of halogens is 3. The van der Waals surface area contributed by atoms with Crippen LogP contribution in [0.4, 0.5) is 13.2 Å². The number of aryl methyl sites for hydroxylation is 1. The molecule has 1 atom stereocenters. The zero-order chi connectivity index (χ0) is 27.1. The molecule has 2 aromatic carbocycles. The van der Waals surface area contributed by atoms with Gasteiger partial charge in [-0.05, 0) is 48.7 Å². The fourth-order valence-corrected chi connectivity index (χ4v) is 5.13. The van der Waals surface area contributed by atoms with E-state index in [9.17, 15) is 22.2 Å². The van der Waals surface area contributed by atoms with Gasteiger partial charge in [0.25, 0.3) is 0 Å². The Balaban J connectivity index is 1.23. The number of nitrogens with zero attached hydrogens (tertiary/aromatic N) is 2. The monoisotopic (exact) mass is 549 g/mol. The second kappa shape index (κ2) is 12.7. The minimum absolute atomic E-state index is 0.0801. The first-order valence-electron chi connectivity index (χ1n) is 12.3. The lowest BCUT2D eigenvalue weighted by molar-refractivity contribution is -0.137. The van der Waals surface area contributed by atoms with E-state index in [0.29, 0.717) is 29.3 Å². The SMILES string of the molecule is Cc1oc(-c2ccc(CN3CCOCC3)cc2)nc1CS(=O)CC(=O)NCCc1ccc(C(F)(F)F)cc1. The van der Waals surface area contributed by atoms with Gasteiger partial charge in [0.1, 0.15) is 11.5 Å². The lowest BCUT2D eigenvalue weighted by Gasteiger charge is -2.26. The largest absolute Gasteiger partial charge is 0.441 e. The molecule has 11 heteroatoms. The lowest BCUT2D eigenvalue weighted by Crippen LogP contribution is -2.35. The van der Waals surface area contributed by atoms with Crippen LogP contribution in [0.5, 0.6) is 0 Å². The van der Waals surface area contributed by atoms with Crippen LogP contribution in [-0.4, -0.2) is 58.6 Å². The van der Waals surface area contributed by atoms with E-state index in [1.165, 1.54) is 17.7 Å². The fourth-order valence-electron chi connectivity index (χ4n) is 4.06. The van der Waals surface area contributed by atoms with E-state index in [4.69, 9.17) is 9.15 Å². The van der Waals surface area contributed by atoms with Crippen LogP contribution in [-0.2, 0) is 45.2 Å². The molecule has 3 aromatic rings. The molecule has 1 unspecified atom stereocenters. The molecule has 1 fully saturated rings. The van der Waals surface area contributed by atoms with E-state index in [2.05, 4.69) is 15.2 Å². The van der Waals surface area contributed by atoms with Crippen molar-refractivity contribution in [2.45, 2.75) is 31.8 Å². The number of oxazole rings is 1. The van der Waals surface area contributed by atoms with Crippen LogP contribution in [0.3, 0.4) is 0 Å². The number of carbonyl (C=O) groups is 1. The summed E-state index contributed by atoms with van der Waals surface area (Å²) in [6.07, 6.45) is -4.01. The van der Waals surface area contributed by atoms with Crippen molar-refractivity contribution < 1.29 is 31.3 Å². The van der Waals surface area contributed by atoms with Crippen molar-refractivity contribution in [3.63, 3.8) is 0 Å². The molecule has 1 amide bonds. The standard InChI is InChI=1S/C27H30F3N3O4S/c1-19-24(32-26(37-19)22-6-2-21(3-7-22)16-33-12-14-36-15-13-33)17-38(35)18-25(34)31-11-10-20-4-8-23(9-5-20)27(28,29)30/h2-9H,10-18H2,1H3,(H,31,34). The Bertz CT molecular complexity index is 1240. The molecule has 1 aromatic heterocycles. The molecular formula is C27H30F3N3O4S. The maximum atomic E-state index is 12.7. The van der Waals surface area contributed by atoms with E-state index in [1.807, 2.05) is 24.3 Å². The van der Waals surface area contributed by atoms with Gasteiger partial charge in [-0.1, -0.05) is 24.3 Å². The molecule has 38 heavy (non-hydrogen) atoms. The van der Waals surface area contributed by atoms with Crippen LogP contribution in [0.15, 0.2) is 52.9 Å². The van der Waals surface area contributed by atoms with E-state index >= 15 is 0 Å². The Kier molecular flexibility index (Phi) is 9.35. The smallest absolute Gasteiger partial charge is 0.416 e. The summed E-state index contributed by atoms with van der Waals surface area (Å²) in [6.45, 7) is 6.17. The van der Waals surface area contributed by atoms with Gasteiger partial charge in [-0.2, -0.15) is 13.2 Å². The Morgan fingerprint density at radius 3 is 2.37 bits per heavy atom. The molecule has 7 nitrogen and oxygen atoms in total. The number of ether oxygens (including phenoxy) is 1. The molecule has 1 saturated heterocycles. The first-order chi connectivity index (χ1) is 18.2. The fraction of sp³-hybridized carbons (Fsp3) is 0.407. The second-order valence-corrected chi connectivity index (χ2v) is 10.6. The van der Waals surface area contributed by atoms with Gasteiger partial charge in [0.2, 0.25) is 11.8 Å². The van der Waals surface area contributed by atoms with E-state index in [0.717, 1.165) is 50.5 Å². The van der Waals surface area contributed by atoms with Crippen LogP contribution in [0, 0.1) is 6.92 Å². The number of carbonyl (C=O) groups excluding carboxylic acids is 1. The number of morpholine rings is 1. The van der Waals surface area contributed by atoms with Gasteiger partial charge in [-0.25, -0.2) is 4.98 Å². The van der Waals surface area contributed by atoms with Crippen molar-refractivity contribution >= 4 is 16.7 Å². The molecule has 0 radical (unpaired) electrons. The number of hydrogen-bond donors (Lipinski definition) is 1. The van der Waals surface area contributed by atoms with Crippen molar-refractivity contribution in [2.24, 2.45) is 0 Å². The molecule has 2 heterocycles. The maximum absolute atomic E-state index is 12.7. The zero-order valence-corrected chi connectivity index (χ0v) is 21.9. The minimum atomic E-state index is -4.38. The first-order valence-corrected chi connectivity index (χ1v) is 13.8. The molecule has 0 aliphatic carbocycles. The van der Waals surface area contributed by atoms with Crippen LogP contribution >= 0.6 is 0 Å². The summed E-state index contributed by atoms with van der Waals surface area (Å²) in [5.41, 5.74) is 2.49. The van der Waals surface area contributed by atoms with Crippen molar-refractivity contribution in [2.75, 3.05) is 38.6 Å². The number of benzene rings is 2. The molecule has 1 aliphatic heterocycles. The quantitative estimate of drug-likeness (QED) is 0.410. The lowest BCUT2D eigenvalue weighted by atomic mass is 10.1. The van der Waals surface area contributed by atoms with Crippen molar-refractivity contribution in [3.8, 4) is 11.5 Å². The summed E-state index contributed by atoms with van der Waals surface area (Å²) in [6, 6.07) is 12.8. The molecule has 0 saturated carbocycles. The summed E-state index contributed by atoms with van der Waals surface area (Å²) >= 11 is 0. The topological polar surface area (TPSA) is 84.7 Å². The van der Waals surface area contributed by atoms with Crippen LogP contribution < -0.4 is 5.32 Å². The number of nitrogens with one attached hydrogen (secondary N) is 1. The van der Waals surface area contributed by atoms with Gasteiger partial charge in [0.15, 0.2) is 0 Å². The highest BCUT2D eigenvalue weighted by atomic mass is 32.2. The second-order valence-electron chi connectivity index (χ2n) is 9.13. The van der Waals surface area contributed by atoms with Gasteiger partial charge in [0, 0.05) is 42.5 Å². The Morgan fingerprint density at radius 2 is 1.71 bits per heavy atom. The Hall–Kier alpha value is -3.02. The molecule has 204 valence electrons. The normalized spacial score (nSPS) is 15.4. The summed E-state index contributed by atoms with van der Waals surface area (Å²) in [4.78, 5) is 19.0. The van der Waals surface area contributed by atoms with Crippen molar-refractivity contribution in [1.29, 1.82) is 0 Å². The van der Waals surface area contributed by atoms with E-state index < -0.39 is 28.4 Å². The Morgan fingerprint density at radius 1 is 1.05 bits per heavy atom. The predicted molar refractivity (Wildman–Crippen MR) is 138 cm³/mol. The first kappa shape index (κ1) is 28.0. The van der Waals surface area contributed by atoms with Crippen LogP contribution in [0.1, 0.15) is 28.1 Å². The van der Waals surface area contributed by atoms with E-state index in [-0.39, 0.29) is 18.1 Å². The average Bonchev–Trinajstić information content (AvgIpc) is 3.24. The van der Waals surface area contributed by atoms with Gasteiger partial charge < -0.3 is 14.5 Å². The molecule has 4 rings (SSSR count). The van der Waals surface area contributed by atoms with Gasteiger partial charge >= 0.3 is 6.18 Å². The number of amides is 1. The van der Waals surface area contributed by atoms with Crippen LogP contribution in [0.2, 0.25) is 0 Å². The molecular weight excluding hydrogens is 519 g/mol. The van der Waals surface area contributed by atoms with Crippen molar-refractivity contribution in [1.82, 2.24) is 15.2 Å². The highest BCUT2D eigenvalue weighted by molar-refractivity contribution is 7.84. The highest BCUT2D eigenvalue weighted by Gasteiger charge is 2.29. The third kappa shape index (κ3) is 7.99. The number of rotatable bonds is 10. The predicted octanol–water partition coefficient (Wildman–Crippen LogP) is 4.11. The highest BCUT2D eigenvalue weighted by Crippen LogP contribution is 2.29.